The van der Waals surface area contributed by atoms with Crippen molar-refractivity contribution in [2.45, 2.75) is 19.1 Å². The van der Waals surface area contributed by atoms with Gasteiger partial charge in [-0.1, -0.05) is 36.4 Å². The van der Waals surface area contributed by atoms with E-state index in [1.807, 2.05) is 24.3 Å². The second-order valence-corrected chi connectivity index (χ2v) is 8.68. The Labute approximate surface area is 171 Å². The molecule has 0 saturated heterocycles. The van der Waals surface area contributed by atoms with Crippen molar-refractivity contribution < 1.29 is 14.2 Å². The zero-order valence-electron chi connectivity index (χ0n) is 14.7. The summed E-state index contributed by atoms with van der Waals surface area (Å²) in [7, 11) is 0. The summed E-state index contributed by atoms with van der Waals surface area (Å²) in [6, 6.07) is 20.3. The van der Waals surface area contributed by atoms with Gasteiger partial charge in [0.1, 0.15) is 6.10 Å². The van der Waals surface area contributed by atoms with E-state index in [0.29, 0.717) is 5.75 Å². The number of ether oxygens (including phenoxy) is 3. The number of nitrogens with one attached hydrogen (secondary N) is 1. The highest BCUT2D eigenvalue weighted by Crippen LogP contribution is 2.43. The monoisotopic (exact) mass is 445 g/mol. The van der Waals surface area contributed by atoms with Crippen LogP contribution in [0.4, 0.5) is 0 Å². The van der Waals surface area contributed by atoms with E-state index >= 15 is 0 Å². The first-order valence-corrected chi connectivity index (χ1v) is 10.5. The molecular weight excluding hydrogens is 426 g/mol. The van der Waals surface area contributed by atoms with Crippen LogP contribution in [0.2, 0.25) is 0 Å². The highest BCUT2D eigenvalue weighted by Gasteiger charge is 2.22. The Hall–Kier alpha value is -2.02. The molecule has 6 heteroatoms. The maximum atomic E-state index is 6.35. The lowest BCUT2D eigenvalue weighted by atomic mass is 10.2. The molecule has 0 bridgehead atoms. The zero-order valence-corrected chi connectivity index (χ0v) is 17.1. The quantitative estimate of drug-likeness (QED) is 0.462. The lowest BCUT2D eigenvalue weighted by molar-refractivity contribution is 0.159. The van der Waals surface area contributed by atoms with Gasteiger partial charge in [-0.3, -0.25) is 0 Å². The molecule has 1 aromatic heterocycles. The Balaban J connectivity index is 1.43. The van der Waals surface area contributed by atoms with E-state index in [0.717, 1.165) is 34.8 Å². The second kappa shape index (κ2) is 8.78. The summed E-state index contributed by atoms with van der Waals surface area (Å²) < 4.78 is 18.5. The third-order valence-electron chi connectivity index (χ3n) is 4.30. The van der Waals surface area contributed by atoms with Crippen LogP contribution in [0, 0.1) is 0 Å². The molecule has 1 N–H and O–H groups in total. The van der Waals surface area contributed by atoms with Gasteiger partial charge in [0.25, 0.3) is 0 Å². The van der Waals surface area contributed by atoms with Crippen LogP contribution in [0.1, 0.15) is 23.0 Å². The molecule has 2 heterocycles. The third kappa shape index (κ3) is 4.64. The molecule has 0 aliphatic carbocycles. The van der Waals surface area contributed by atoms with Crippen molar-refractivity contribution in [3.05, 3.63) is 74.9 Å². The van der Waals surface area contributed by atoms with Crippen LogP contribution < -0.4 is 19.5 Å². The Kier molecular flexibility index (Phi) is 5.97. The van der Waals surface area contributed by atoms with Gasteiger partial charge in [0.05, 0.1) is 3.79 Å². The van der Waals surface area contributed by atoms with Crippen molar-refractivity contribution in [2.75, 3.05) is 13.3 Å². The summed E-state index contributed by atoms with van der Waals surface area (Å²) in [5.41, 5.74) is 1.28. The first kappa shape index (κ1) is 18.3. The van der Waals surface area contributed by atoms with E-state index in [-0.39, 0.29) is 12.9 Å². The van der Waals surface area contributed by atoms with Crippen LogP contribution >= 0.6 is 27.3 Å². The largest absolute Gasteiger partial charge is 0.481 e. The van der Waals surface area contributed by atoms with E-state index in [1.165, 1.54) is 10.4 Å². The van der Waals surface area contributed by atoms with Crippen molar-refractivity contribution in [1.29, 1.82) is 0 Å². The maximum Gasteiger partial charge on any atom is 0.231 e. The number of hydrogen-bond acceptors (Lipinski definition) is 5. The van der Waals surface area contributed by atoms with Gasteiger partial charge in [-0.15, -0.1) is 11.3 Å². The minimum absolute atomic E-state index is 0.0553. The van der Waals surface area contributed by atoms with Crippen LogP contribution in [0.15, 0.2) is 64.5 Å². The number of hydrogen-bond donors (Lipinski definition) is 1. The van der Waals surface area contributed by atoms with Crippen molar-refractivity contribution in [3.63, 3.8) is 0 Å². The van der Waals surface area contributed by atoms with E-state index < -0.39 is 0 Å². The Bertz CT molecular complexity index is 884. The second-order valence-electron chi connectivity index (χ2n) is 6.19. The topological polar surface area (TPSA) is 39.7 Å². The van der Waals surface area contributed by atoms with Crippen LogP contribution in [0.25, 0.3) is 0 Å². The molecule has 0 spiro atoms. The molecule has 27 heavy (non-hydrogen) atoms. The molecular formula is C21H20BrNO3S. The first-order valence-electron chi connectivity index (χ1n) is 8.85. The first-order chi connectivity index (χ1) is 13.3. The molecule has 3 aromatic rings. The van der Waals surface area contributed by atoms with Gasteiger partial charge in [0.2, 0.25) is 12.5 Å². The van der Waals surface area contributed by atoms with Crippen LogP contribution in [0.5, 0.6) is 17.2 Å². The van der Waals surface area contributed by atoms with Crippen molar-refractivity contribution in [3.8, 4) is 17.2 Å². The van der Waals surface area contributed by atoms with Crippen LogP contribution in [-0.2, 0) is 6.54 Å². The fraction of sp³-hybridized carbons (Fsp3) is 0.238. The van der Waals surface area contributed by atoms with Crippen molar-refractivity contribution in [1.82, 2.24) is 5.32 Å². The smallest absolute Gasteiger partial charge is 0.231 e. The molecule has 0 radical (unpaired) electrons. The molecule has 4 rings (SSSR count). The number of thiophene rings is 1. The third-order valence-corrected chi connectivity index (χ3v) is 6.01. The van der Waals surface area contributed by atoms with Gasteiger partial charge >= 0.3 is 0 Å². The van der Waals surface area contributed by atoms with E-state index in [1.54, 1.807) is 11.3 Å². The van der Waals surface area contributed by atoms with Crippen molar-refractivity contribution in [2.24, 2.45) is 0 Å². The zero-order chi connectivity index (χ0) is 18.5. The number of benzene rings is 2. The fourth-order valence-electron chi connectivity index (χ4n) is 2.97. The number of para-hydroxylation sites is 1. The molecule has 1 aliphatic heterocycles. The number of halogens is 1. The predicted octanol–water partition coefficient (Wildman–Crippen LogP) is 5.54. The fourth-order valence-corrected chi connectivity index (χ4v) is 4.46. The summed E-state index contributed by atoms with van der Waals surface area (Å²) in [5, 5.41) is 3.50. The SMILES string of the molecule is Brc1ccc([C@H](CCNCc2ccccc2)Oc2cccc3c2OCO3)s1. The average Bonchev–Trinajstić information content (AvgIpc) is 3.34. The normalized spacial score (nSPS) is 13.5. The minimum Gasteiger partial charge on any atom is -0.481 e. The Morgan fingerprint density at radius 3 is 2.74 bits per heavy atom. The highest BCUT2D eigenvalue weighted by molar-refractivity contribution is 9.11. The standard InChI is InChI=1S/C21H20BrNO3S/c22-20-10-9-19(27-20)16(11-12-23-13-15-5-2-1-3-6-15)26-18-8-4-7-17-21(18)25-14-24-17/h1-10,16,23H,11-14H2/t16-/m0/s1. The van der Waals surface area contributed by atoms with Crippen molar-refractivity contribution >= 4 is 27.3 Å². The number of rotatable bonds is 8. The molecule has 0 unspecified atom stereocenters. The molecule has 0 fully saturated rings. The molecule has 140 valence electrons. The Morgan fingerprint density at radius 1 is 1.04 bits per heavy atom. The summed E-state index contributed by atoms with van der Waals surface area (Å²) in [6.07, 6.45) is 0.796. The average molecular weight is 446 g/mol. The summed E-state index contributed by atoms with van der Waals surface area (Å²) in [5.74, 6) is 2.15. The number of fused-ring (bicyclic) bond motifs is 1. The van der Waals surface area contributed by atoms with Gasteiger partial charge in [-0.2, -0.15) is 0 Å². The van der Waals surface area contributed by atoms with Crippen LogP contribution in [-0.4, -0.2) is 13.3 Å². The summed E-state index contributed by atoms with van der Waals surface area (Å²) in [4.78, 5) is 1.18. The molecule has 4 nitrogen and oxygen atoms in total. The van der Waals surface area contributed by atoms with Gasteiger partial charge in [-0.25, -0.2) is 0 Å². The molecule has 2 aromatic carbocycles. The van der Waals surface area contributed by atoms with Gasteiger partial charge in [0, 0.05) is 17.8 Å². The van der Waals surface area contributed by atoms with E-state index in [9.17, 15) is 0 Å². The summed E-state index contributed by atoms with van der Waals surface area (Å²) in [6.45, 7) is 1.93. The Morgan fingerprint density at radius 2 is 1.93 bits per heavy atom. The van der Waals surface area contributed by atoms with Gasteiger partial charge in [-0.05, 0) is 52.3 Å². The maximum absolute atomic E-state index is 6.35. The summed E-state index contributed by atoms with van der Waals surface area (Å²) >= 11 is 5.25. The molecule has 1 aliphatic rings. The molecule has 0 amide bonds. The van der Waals surface area contributed by atoms with Gasteiger partial charge < -0.3 is 19.5 Å². The molecule has 1 atom stereocenters. The van der Waals surface area contributed by atoms with E-state index in [4.69, 9.17) is 14.2 Å². The highest BCUT2D eigenvalue weighted by atomic mass is 79.9. The van der Waals surface area contributed by atoms with Crippen LogP contribution in [0.3, 0.4) is 0 Å². The predicted molar refractivity (Wildman–Crippen MR) is 111 cm³/mol. The lowest BCUT2D eigenvalue weighted by Crippen LogP contribution is -2.19. The molecule has 0 saturated carbocycles. The van der Waals surface area contributed by atoms with E-state index in [2.05, 4.69) is 57.6 Å². The lowest BCUT2D eigenvalue weighted by Gasteiger charge is -2.19. The minimum atomic E-state index is -0.0553. The van der Waals surface area contributed by atoms with Gasteiger partial charge in [0.15, 0.2) is 11.5 Å².